The summed E-state index contributed by atoms with van der Waals surface area (Å²) in [6, 6.07) is 0. The van der Waals surface area contributed by atoms with Gasteiger partial charge in [0.2, 0.25) is 5.95 Å². The van der Waals surface area contributed by atoms with Crippen LogP contribution in [-0.4, -0.2) is 59.2 Å². The molecule has 3 aliphatic heterocycles. The molecule has 5 aliphatic rings. The molecule has 7 rings (SSSR count). The second kappa shape index (κ2) is 7.58. The highest BCUT2D eigenvalue weighted by Crippen LogP contribution is 2.51. The molecule has 0 aromatic carbocycles. The van der Waals surface area contributed by atoms with Crippen molar-refractivity contribution in [1.82, 2.24) is 19.9 Å². The first kappa shape index (κ1) is 21.7. The largest absolute Gasteiger partial charge is 0.394 e. The van der Waals surface area contributed by atoms with E-state index < -0.39 is 10.8 Å². The van der Waals surface area contributed by atoms with Crippen LogP contribution in [0.3, 0.4) is 0 Å². The molecule has 2 N–H and O–H groups in total. The molecule has 2 bridgehead atoms. The van der Waals surface area contributed by atoms with E-state index >= 15 is 0 Å². The molecule has 4 fully saturated rings. The van der Waals surface area contributed by atoms with Crippen LogP contribution >= 0.6 is 11.6 Å². The van der Waals surface area contributed by atoms with Gasteiger partial charge in [-0.3, -0.25) is 4.21 Å². The Morgan fingerprint density at radius 1 is 1.21 bits per heavy atom. The summed E-state index contributed by atoms with van der Waals surface area (Å²) in [5, 5.41) is 14.1. The zero-order valence-corrected chi connectivity index (χ0v) is 20.5. The molecule has 2 unspecified atom stereocenters. The minimum absolute atomic E-state index is 0.0494. The highest BCUT2D eigenvalue weighted by atomic mass is 35.5. The molecule has 33 heavy (non-hydrogen) atoms. The Bertz CT molecular complexity index is 1110. The summed E-state index contributed by atoms with van der Waals surface area (Å²) in [7, 11) is -1.19. The van der Waals surface area contributed by atoms with E-state index in [4.69, 9.17) is 21.6 Å². The van der Waals surface area contributed by atoms with Crippen LogP contribution in [0.1, 0.15) is 57.0 Å². The second-order valence-corrected chi connectivity index (χ2v) is 13.2. The third-order valence-electron chi connectivity index (χ3n) is 7.95. The maximum atomic E-state index is 13.3. The van der Waals surface area contributed by atoms with Gasteiger partial charge in [0.1, 0.15) is 16.5 Å². The van der Waals surface area contributed by atoms with Crippen molar-refractivity contribution in [3.8, 4) is 0 Å². The summed E-state index contributed by atoms with van der Waals surface area (Å²) < 4.78 is 12.9. The summed E-state index contributed by atoms with van der Waals surface area (Å²) in [6.07, 6.45) is 8.04. The van der Waals surface area contributed by atoms with Crippen LogP contribution < -0.4 is 10.2 Å². The number of anilines is 2. The molecule has 2 aliphatic carbocycles. The molecule has 2 aromatic heterocycles. The maximum absolute atomic E-state index is 13.3. The van der Waals surface area contributed by atoms with Crippen LogP contribution in [0.15, 0.2) is 17.3 Å². The van der Waals surface area contributed by atoms with Gasteiger partial charge in [0.25, 0.3) is 0 Å². The van der Waals surface area contributed by atoms with Crippen molar-refractivity contribution in [2.24, 2.45) is 11.8 Å². The van der Waals surface area contributed by atoms with Crippen molar-refractivity contribution >= 4 is 34.2 Å². The highest BCUT2D eigenvalue weighted by molar-refractivity contribution is 7.87. The van der Waals surface area contributed by atoms with Gasteiger partial charge in [0, 0.05) is 37.8 Å². The fourth-order valence-electron chi connectivity index (χ4n) is 5.91. The smallest absolute Gasteiger partial charge is 0.227 e. The lowest BCUT2D eigenvalue weighted by Gasteiger charge is -2.52. The van der Waals surface area contributed by atoms with Gasteiger partial charge in [-0.25, -0.2) is 15.0 Å². The average Bonchev–Trinajstić information content (AvgIpc) is 3.00. The number of nitrogens with zero attached hydrogens (tertiary/aromatic N) is 5. The number of rotatable bonds is 5. The summed E-state index contributed by atoms with van der Waals surface area (Å²) in [5.74, 6) is 3.49. The van der Waals surface area contributed by atoms with Gasteiger partial charge in [0.05, 0.1) is 38.4 Å². The first-order chi connectivity index (χ1) is 15.8. The molecule has 2 saturated carbocycles. The molecular weight excluding hydrogens is 460 g/mol. The van der Waals surface area contributed by atoms with Gasteiger partial charge >= 0.3 is 0 Å². The number of hydrogen-bond donors (Lipinski definition) is 2. The zero-order valence-electron chi connectivity index (χ0n) is 18.9. The van der Waals surface area contributed by atoms with E-state index in [1.807, 2.05) is 13.8 Å². The fourth-order valence-corrected chi connectivity index (χ4v) is 7.44. The quantitative estimate of drug-likeness (QED) is 0.662. The fraction of sp³-hybridized carbons (Fsp3) is 0.652. The van der Waals surface area contributed by atoms with Crippen LogP contribution in [0, 0.1) is 11.8 Å². The van der Waals surface area contributed by atoms with Gasteiger partial charge in [0.15, 0.2) is 0 Å². The molecule has 0 amide bonds. The Morgan fingerprint density at radius 2 is 1.91 bits per heavy atom. The average molecular weight is 489 g/mol. The minimum atomic E-state index is -1.19. The summed E-state index contributed by atoms with van der Waals surface area (Å²) in [6.45, 7) is 5.79. The molecule has 8 nitrogen and oxygen atoms in total. The van der Waals surface area contributed by atoms with Gasteiger partial charge in [-0.1, -0.05) is 11.6 Å². The Hall–Kier alpha value is -1.84. The van der Waals surface area contributed by atoms with Crippen LogP contribution in [0.5, 0.6) is 0 Å². The lowest BCUT2D eigenvalue weighted by atomic mass is 9.61. The minimum Gasteiger partial charge on any atom is -0.394 e. The van der Waals surface area contributed by atoms with Crippen LogP contribution in [-0.2, 0) is 17.2 Å². The van der Waals surface area contributed by atoms with E-state index in [0.717, 1.165) is 55.2 Å². The van der Waals surface area contributed by atoms with Crippen LogP contribution in [0.25, 0.3) is 0 Å². The van der Waals surface area contributed by atoms with Crippen LogP contribution in [0.4, 0.5) is 11.8 Å². The Labute approximate surface area is 201 Å². The standard InChI is InChI=1S/C23H29ClN6O2S/c1-22(2)7-16-18(33(22)32)20(29-23(12-31)4-3-5-23)28-21(27-16)30-10-13-6-14(11-30)17(13)19-25-8-15(24)9-26-19/h8-9,13-14,17,31H,3-7,10-12H2,1-2H3,(H,27,28,29)/t13?,14?,17?,33-/m0/s1. The first-order valence-corrected chi connectivity index (χ1v) is 13.3. The number of hydrogen-bond acceptors (Lipinski definition) is 8. The first-order valence-electron chi connectivity index (χ1n) is 11.7. The lowest BCUT2D eigenvalue weighted by molar-refractivity contribution is 0.104. The van der Waals surface area contributed by atoms with E-state index in [9.17, 15) is 9.32 Å². The molecule has 5 heterocycles. The Kier molecular flexibility index (Phi) is 4.98. The summed E-state index contributed by atoms with van der Waals surface area (Å²) >= 11 is 5.97. The van der Waals surface area contributed by atoms with Gasteiger partial charge < -0.3 is 15.3 Å². The monoisotopic (exact) mass is 488 g/mol. The van der Waals surface area contributed by atoms with Gasteiger partial charge in [-0.05, 0) is 51.4 Å². The highest BCUT2D eigenvalue weighted by Gasteiger charge is 2.50. The Balaban J connectivity index is 1.30. The van der Waals surface area contributed by atoms with Crippen molar-refractivity contribution in [3.63, 3.8) is 0 Å². The van der Waals surface area contributed by atoms with Crippen molar-refractivity contribution in [2.75, 3.05) is 29.9 Å². The maximum Gasteiger partial charge on any atom is 0.227 e. The molecule has 2 aromatic rings. The van der Waals surface area contributed by atoms with Crippen LogP contribution in [0.2, 0.25) is 5.02 Å². The third kappa shape index (κ3) is 3.46. The van der Waals surface area contributed by atoms with E-state index in [0.29, 0.717) is 41.0 Å². The van der Waals surface area contributed by atoms with Crippen molar-refractivity contribution in [3.05, 3.63) is 28.9 Å². The number of nitrogens with one attached hydrogen (secondary N) is 1. The predicted molar refractivity (Wildman–Crippen MR) is 127 cm³/mol. The number of fused-ring (bicyclic) bond motifs is 3. The molecule has 10 heteroatoms. The van der Waals surface area contributed by atoms with Gasteiger partial charge in [-0.15, -0.1) is 0 Å². The number of aliphatic hydroxyl groups excluding tert-OH is 1. The lowest BCUT2D eigenvalue weighted by Crippen LogP contribution is -2.55. The molecule has 0 radical (unpaired) electrons. The van der Waals surface area contributed by atoms with E-state index in [-0.39, 0.29) is 16.9 Å². The van der Waals surface area contributed by atoms with Gasteiger partial charge in [-0.2, -0.15) is 4.98 Å². The molecule has 3 atom stereocenters. The molecule has 176 valence electrons. The zero-order chi connectivity index (χ0) is 23.0. The predicted octanol–water partition coefficient (Wildman–Crippen LogP) is 2.93. The summed E-state index contributed by atoms with van der Waals surface area (Å²) in [5.41, 5.74) is 0.507. The number of aromatic nitrogens is 4. The topological polar surface area (TPSA) is 104 Å². The molecular formula is C23H29ClN6O2S. The van der Waals surface area contributed by atoms with E-state index in [1.165, 1.54) is 0 Å². The third-order valence-corrected chi connectivity index (χ3v) is 10.1. The van der Waals surface area contributed by atoms with Crippen molar-refractivity contribution in [1.29, 1.82) is 0 Å². The van der Waals surface area contributed by atoms with Crippen molar-refractivity contribution in [2.45, 2.75) is 67.1 Å². The van der Waals surface area contributed by atoms with Crippen molar-refractivity contribution < 1.29 is 9.32 Å². The number of halogens is 1. The summed E-state index contributed by atoms with van der Waals surface area (Å²) in [4.78, 5) is 21.8. The normalized spacial score (nSPS) is 30.8. The molecule has 0 spiro atoms. The van der Waals surface area contributed by atoms with E-state index in [1.54, 1.807) is 12.4 Å². The SMILES string of the molecule is CC1(C)Cc2nc(N3CC4CC(C3)C4c3ncc(Cl)cn3)nc(NC3(CO)CCC3)c2[S@@]1=O. The van der Waals surface area contributed by atoms with E-state index in [2.05, 4.69) is 20.2 Å². The number of piperidine rings is 2. The number of aliphatic hydroxyl groups is 1. The second-order valence-electron chi connectivity index (χ2n) is 10.7. The Morgan fingerprint density at radius 3 is 2.52 bits per heavy atom. The molecule has 2 saturated heterocycles.